The zero-order chi connectivity index (χ0) is 15.1. The first-order valence-electron chi connectivity index (χ1n) is 7.52. The molecule has 0 bridgehead atoms. The summed E-state index contributed by atoms with van der Waals surface area (Å²) in [6, 6.07) is 18.6. The van der Waals surface area contributed by atoms with Gasteiger partial charge in [0.25, 0.3) is 0 Å². The smallest absolute Gasteiger partial charge is 0.220 e. The van der Waals surface area contributed by atoms with Crippen LogP contribution in [-0.4, -0.2) is 12.5 Å². The van der Waals surface area contributed by atoms with E-state index in [9.17, 15) is 4.79 Å². The molecule has 2 rings (SSSR count). The van der Waals surface area contributed by atoms with E-state index in [1.54, 1.807) is 0 Å². The number of rotatable bonds is 6. The lowest BCUT2D eigenvalue weighted by Crippen LogP contribution is -2.27. The number of aryl methyl sites for hydroxylation is 2. The Balaban J connectivity index is 1.73. The van der Waals surface area contributed by atoms with Crippen LogP contribution < -0.4 is 5.32 Å². The Morgan fingerprint density at radius 1 is 1.05 bits per heavy atom. The van der Waals surface area contributed by atoms with Crippen LogP contribution in [0.15, 0.2) is 54.6 Å². The lowest BCUT2D eigenvalue weighted by molar-refractivity contribution is -0.121. The van der Waals surface area contributed by atoms with E-state index < -0.39 is 0 Å². The molecule has 0 aliphatic rings. The highest BCUT2D eigenvalue weighted by Crippen LogP contribution is 2.13. The minimum absolute atomic E-state index is 0.123. The maximum Gasteiger partial charge on any atom is 0.220 e. The van der Waals surface area contributed by atoms with Crippen molar-refractivity contribution in [2.45, 2.75) is 32.6 Å². The summed E-state index contributed by atoms with van der Waals surface area (Å²) in [5, 5.41) is 3.02. The minimum Gasteiger partial charge on any atom is -0.355 e. The molecular weight excluding hydrogens is 258 g/mol. The van der Waals surface area contributed by atoms with Gasteiger partial charge in [-0.1, -0.05) is 67.1 Å². The van der Waals surface area contributed by atoms with Gasteiger partial charge in [-0.25, -0.2) is 0 Å². The Morgan fingerprint density at radius 3 is 2.38 bits per heavy atom. The largest absolute Gasteiger partial charge is 0.355 e. The molecule has 0 heterocycles. The van der Waals surface area contributed by atoms with E-state index in [0.29, 0.717) is 18.9 Å². The molecule has 110 valence electrons. The van der Waals surface area contributed by atoms with Crippen molar-refractivity contribution in [3.63, 3.8) is 0 Å². The molecule has 0 spiro atoms. The van der Waals surface area contributed by atoms with Crippen LogP contribution in [0.1, 0.15) is 36.0 Å². The van der Waals surface area contributed by atoms with E-state index in [2.05, 4.69) is 55.6 Å². The fourth-order valence-electron chi connectivity index (χ4n) is 2.27. The number of benzene rings is 2. The maximum absolute atomic E-state index is 11.9. The van der Waals surface area contributed by atoms with Gasteiger partial charge in [0, 0.05) is 13.0 Å². The first kappa shape index (κ1) is 15.3. The van der Waals surface area contributed by atoms with Crippen molar-refractivity contribution in [1.82, 2.24) is 5.32 Å². The highest BCUT2D eigenvalue weighted by Gasteiger charge is 2.07. The van der Waals surface area contributed by atoms with Gasteiger partial charge < -0.3 is 5.32 Å². The maximum atomic E-state index is 11.9. The van der Waals surface area contributed by atoms with Crippen LogP contribution in [0.4, 0.5) is 0 Å². The first-order valence-corrected chi connectivity index (χ1v) is 7.52. The van der Waals surface area contributed by atoms with Crippen molar-refractivity contribution in [1.29, 1.82) is 0 Å². The third kappa shape index (κ3) is 5.07. The molecule has 0 aliphatic carbocycles. The fourth-order valence-corrected chi connectivity index (χ4v) is 2.27. The zero-order valence-corrected chi connectivity index (χ0v) is 12.8. The van der Waals surface area contributed by atoms with Gasteiger partial charge in [-0.15, -0.1) is 0 Å². The van der Waals surface area contributed by atoms with Crippen molar-refractivity contribution in [3.8, 4) is 0 Å². The average Bonchev–Trinajstić information content (AvgIpc) is 2.53. The Bertz CT molecular complexity index is 560. The fraction of sp³-hybridized carbons (Fsp3) is 0.316. The number of carbonyl (C=O) groups is 1. The lowest BCUT2D eigenvalue weighted by Gasteiger charge is -2.13. The molecule has 0 aromatic heterocycles. The van der Waals surface area contributed by atoms with Crippen molar-refractivity contribution in [3.05, 3.63) is 71.3 Å². The molecule has 2 nitrogen and oxygen atoms in total. The van der Waals surface area contributed by atoms with Crippen molar-refractivity contribution in [2.75, 3.05) is 6.54 Å². The van der Waals surface area contributed by atoms with Gasteiger partial charge in [0.05, 0.1) is 0 Å². The van der Waals surface area contributed by atoms with Gasteiger partial charge in [-0.3, -0.25) is 4.79 Å². The van der Waals surface area contributed by atoms with Crippen molar-refractivity contribution < 1.29 is 4.79 Å². The van der Waals surface area contributed by atoms with Gasteiger partial charge >= 0.3 is 0 Å². The monoisotopic (exact) mass is 281 g/mol. The molecular formula is C19H23NO. The van der Waals surface area contributed by atoms with Gasteiger partial charge in [0.15, 0.2) is 0 Å². The summed E-state index contributed by atoms with van der Waals surface area (Å²) in [4.78, 5) is 11.9. The highest BCUT2D eigenvalue weighted by atomic mass is 16.1. The molecule has 21 heavy (non-hydrogen) atoms. The second-order valence-corrected chi connectivity index (χ2v) is 5.60. The van der Waals surface area contributed by atoms with E-state index >= 15 is 0 Å². The van der Waals surface area contributed by atoms with Gasteiger partial charge in [0.1, 0.15) is 0 Å². The minimum atomic E-state index is 0.123. The SMILES string of the molecule is Cc1ccc(CCC(=O)NCC(C)c2ccccc2)cc1. The van der Waals surface area contributed by atoms with E-state index in [1.165, 1.54) is 16.7 Å². The number of hydrogen-bond acceptors (Lipinski definition) is 1. The van der Waals surface area contributed by atoms with Crippen molar-refractivity contribution >= 4 is 5.91 Å². The van der Waals surface area contributed by atoms with Gasteiger partial charge in [0.2, 0.25) is 5.91 Å². The number of amides is 1. The Labute approximate surface area is 127 Å². The number of carbonyl (C=O) groups excluding carboxylic acids is 1. The predicted octanol–water partition coefficient (Wildman–Crippen LogP) is 3.85. The summed E-state index contributed by atoms with van der Waals surface area (Å²) >= 11 is 0. The molecule has 1 atom stereocenters. The lowest BCUT2D eigenvalue weighted by atomic mass is 10.0. The molecule has 2 aromatic carbocycles. The summed E-state index contributed by atoms with van der Waals surface area (Å²) in [5.41, 5.74) is 3.73. The molecule has 0 fully saturated rings. The third-order valence-corrected chi connectivity index (χ3v) is 3.74. The van der Waals surface area contributed by atoms with E-state index in [1.807, 2.05) is 18.2 Å². The molecule has 0 saturated heterocycles. The molecule has 1 amide bonds. The second kappa shape index (κ2) is 7.63. The zero-order valence-electron chi connectivity index (χ0n) is 12.8. The summed E-state index contributed by atoms with van der Waals surface area (Å²) < 4.78 is 0. The molecule has 2 aromatic rings. The third-order valence-electron chi connectivity index (χ3n) is 3.74. The quantitative estimate of drug-likeness (QED) is 0.856. The van der Waals surface area contributed by atoms with Crippen LogP contribution in [0, 0.1) is 6.92 Å². The Morgan fingerprint density at radius 2 is 1.71 bits per heavy atom. The number of hydrogen-bond donors (Lipinski definition) is 1. The first-order chi connectivity index (χ1) is 10.1. The van der Waals surface area contributed by atoms with E-state index in [0.717, 1.165) is 6.42 Å². The Hall–Kier alpha value is -2.09. The Kier molecular flexibility index (Phi) is 5.56. The van der Waals surface area contributed by atoms with Crippen LogP contribution in [-0.2, 0) is 11.2 Å². The molecule has 0 saturated carbocycles. The van der Waals surface area contributed by atoms with Gasteiger partial charge in [-0.05, 0) is 30.4 Å². The molecule has 2 heteroatoms. The van der Waals surface area contributed by atoms with Crippen molar-refractivity contribution in [2.24, 2.45) is 0 Å². The van der Waals surface area contributed by atoms with Crippen LogP contribution in [0.2, 0.25) is 0 Å². The highest BCUT2D eigenvalue weighted by molar-refractivity contribution is 5.76. The second-order valence-electron chi connectivity index (χ2n) is 5.60. The van der Waals surface area contributed by atoms with Crippen LogP contribution in [0.25, 0.3) is 0 Å². The molecule has 1 N–H and O–H groups in total. The van der Waals surface area contributed by atoms with Crippen LogP contribution >= 0.6 is 0 Å². The molecule has 0 aliphatic heterocycles. The van der Waals surface area contributed by atoms with Gasteiger partial charge in [-0.2, -0.15) is 0 Å². The number of nitrogens with one attached hydrogen (secondary N) is 1. The summed E-state index contributed by atoms with van der Waals surface area (Å²) in [5.74, 6) is 0.466. The normalized spacial score (nSPS) is 11.9. The summed E-state index contributed by atoms with van der Waals surface area (Å²) in [7, 11) is 0. The molecule has 0 radical (unpaired) electrons. The predicted molar refractivity (Wildman–Crippen MR) is 87.4 cm³/mol. The summed E-state index contributed by atoms with van der Waals surface area (Å²) in [6.45, 7) is 4.90. The standard InChI is InChI=1S/C19H23NO/c1-15-8-10-17(11-9-15)12-13-19(21)20-14-16(2)18-6-4-3-5-7-18/h3-11,16H,12-14H2,1-2H3,(H,20,21). The average molecular weight is 281 g/mol. The van der Waals surface area contributed by atoms with Crippen LogP contribution in [0.3, 0.4) is 0 Å². The van der Waals surface area contributed by atoms with E-state index in [4.69, 9.17) is 0 Å². The van der Waals surface area contributed by atoms with Crippen LogP contribution in [0.5, 0.6) is 0 Å². The summed E-state index contributed by atoms with van der Waals surface area (Å²) in [6.07, 6.45) is 1.34. The van der Waals surface area contributed by atoms with E-state index in [-0.39, 0.29) is 5.91 Å². The topological polar surface area (TPSA) is 29.1 Å². The molecule has 1 unspecified atom stereocenters.